The number of para-hydroxylation sites is 1. The Hall–Kier alpha value is -1.35. The van der Waals surface area contributed by atoms with E-state index >= 15 is 0 Å². The highest BCUT2D eigenvalue weighted by molar-refractivity contribution is 5.72. The van der Waals surface area contributed by atoms with Crippen molar-refractivity contribution in [1.29, 1.82) is 0 Å². The minimum Gasteiger partial charge on any atom is -0.426 e. The number of esters is 1. The first kappa shape index (κ1) is 20.0. The molecule has 1 N–H and O–H groups in total. The molecule has 0 unspecified atom stereocenters. The molecule has 0 fully saturated rings. The second kappa shape index (κ2) is 14.7. The number of unbranched alkanes of at least 4 members (excludes halogenated alkanes) is 1. The summed E-state index contributed by atoms with van der Waals surface area (Å²) in [5.41, 5.74) is 0. The van der Waals surface area contributed by atoms with Gasteiger partial charge in [0.05, 0.1) is 6.42 Å². The Morgan fingerprint density at radius 1 is 1.16 bits per heavy atom. The second-order valence-electron chi connectivity index (χ2n) is 3.64. The summed E-state index contributed by atoms with van der Waals surface area (Å²) in [5.74, 6) is 0.427. The quantitative estimate of drug-likeness (QED) is 0.460. The smallest absolute Gasteiger partial charge is 0.312 e. The van der Waals surface area contributed by atoms with E-state index in [-0.39, 0.29) is 13.4 Å². The fraction of sp³-hybridized carbons (Fsp3) is 0.562. The van der Waals surface area contributed by atoms with Crippen LogP contribution >= 0.6 is 0 Å². The third-order valence-electron chi connectivity index (χ3n) is 2.19. The number of rotatable bonds is 7. The van der Waals surface area contributed by atoms with Gasteiger partial charge in [0, 0.05) is 6.54 Å². The number of ether oxygens (including phenoxy) is 1. The fourth-order valence-corrected chi connectivity index (χ4v) is 1.29. The lowest BCUT2D eigenvalue weighted by atomic mass is 10.3. The van der Waals surface area contributed by atoms with Crippen molar-refractivity contribution in [2.75, 3.05) is 13.1 Å². The van der Waals surface area contributed by atoms with Crippen molar-refractivity contribution in [3.05, 3.63) is 30.3 Å². The summed E-state index contributed by atoms with van der Waals surface area (Å²) in [7, 11) is 0. The molecule has 0 atom stereocenters. The van der Waals surface area contributed by atoms with E-state index in [0.717, 1.165) is 13.0 Å². The standard InChI is InChI=1S/C13H19NO2.C2H6.CH4/c1-2-3-10-14-11-9-13(15)16-12-7-5-4-6-8-12;1-2;/h4-8,14H,2-3,9-11H2,1H3;1-2H3;1H4. The van der Waals surface area contributed by atoms with E-state index in [4.69, 9.17) is 4.74 Å². The lowest BCUT2D eigenvalue weighted by Crippen LogP contribution is -2.21. The highest BCUT2D eigenvalue weighted by Gasteiger charge is 2.03. The average Bonchev–Trinajstić information content (AvgIpc) is 2.42. The molecule has 1 aromatic carbocycles. The molecule has 0 saturated heterocycles. The van der Waals surface area contributed by atoms with Gasteiger partial charge in [-0.25, -0.2) is 0 Å². The van der Waals surface area contributed by atoms with Gasteiger partial charge in [-0.15, -0.1) is 0 Å². The highest BCUT2D eigenvalue weighted by atomic mass is 16.5. The maximum Gasteiger partial charge on any atom is 0.312 e. The van der Waals surface area contributed by atoms with Gasteiger partial charge in [-0.1, -0.05) is 52.8 Å². The van der Waals surface area contributed by atoms with E-state index in [1.807, 2.05) is 32.0 Å². The second-order valence-corrected chi connectivity index (χ2v) is 3.64. The third-order valence-corrected chi connectivity index (χ3v) is 2.19. The van der Waals surface area contributed by atoms with Crippen LogP contribution in [0.25, 0.3) is 0 Å². The molecule has 3 heteroatoms. The van der Waals surface area contributed by atoms with Crippen molar-refractivity contribution in [2.45, 2.75) is 47.5 Å². The molecule has 0 aliphatic carbocycles. The monoisotopic (exact) mass is 267 g/mol. The van der Waals surface area contributed by atoms with Gasteiger partial charge in [0.25, 0.3) is 0 Å². The van der Waals surface area contributed by atoms with Crippen LogP contribution in [0.2, 0.25) is 0 Å². The van der Waals surface area contributed by atoms with Gasteiger partial charge in [0.2, 0.25) is 0 Å². The first-order chi connectivity index (χ1) is 8.83. The molecule has 0 saturated carbocycles. The maximum absolute atomic E-state index is 11.4. The molecule has 0 spiro atoms. The van der Waals surface area contributed by atoms with Crippen LogP contribution in [-0.2, 0) is 4.79 Å². The number of hydrogen-bond acceptors (Lipinski definition) is 3. The van der Waals surface area contributed by atoms with E-state index in [1.165, 1.54) is 6.42 Å². The predicted octanol–water partition coefficient (Wildman–Crippen LogP) is 4.03. The van der Waals surface area contributed by atoms with Gasteiger partial charge < -0.3 is 10.1 Å². The first-order valence-corrected chi connectivity index (χ1v) is 6.79. The van der Waals surface area contributed by atoms with Crippen molar-refractivity contribution in [2.24, 2.45) is 0 Å². The van der Waals surface area contributed by atoms with Gasteiger partial charge in [0.15, 0.2) is 0 Å². The molecule has 0 radical (unpaired) electrons. The number of hydrogen-bond donors (Lipinski definition) is 1. The molecule has 3 nitrogen and oxygen atoms in total. The van der Waals surface area contributed by atoms with E-state index in [2.05, 4.69) is 12.2 Å². The summed E-state index contributed by atoms with van der Waals surface area (Å²) in [4.78, 5) is 11.4. The number of carbonyl (C=O) groups excluding carboxylic acids is 1. The molecule has 0 heterocycles. The lowest BCUT2D eigenvalue weighted by molar-refractivity contribution is -0.134. The Kier molecular flexibility index (Phi) is 15.5. The van der Waals surface area contributed by atoms with Gasteiger partial charge >= 0.3 is 5.97 Å². The molecule has 0 aromatic heterocycles. The Bertz CT molecular complexity index is 299. The van der Waals surface area contributed by atoms with Crippen LogP contribution in [-0.4, -0.2) is 19.1 Å². The van der Waals surface area contributed by atoms with Crippen LogP contribution in [0.1, 0.15) is 47.5 Å². The van der Waals surface area contributed by atoms with Crippen molar-refractivity contribution >= 4 is 5.97 Å². The molecule has 19 heavy (non-hydrogen) atoms. The fourth-order valence-electron chi connectivity index (χ4n) is 1.29. The van der Waals surface area contributed by atoms with E-state index in [1.54, 1.807) is 12.1 Å². The molecule has 1 aromatic rings. The van der Waals surface area contributed by atoms with E-state index in [9.17, 15) is 4.79 Å². The number of carbonyl (C=O) groups is 1. The molecule has 0 aliphatic rings. The Morgan fingerprint density at radius 2 is 1.79 bits per heavy atom. The zero-order chi connectivity index (χ0) is 13.6. The molecule has 1 rings (SSSR count). The van der Waals surface area contributed by atoms with E-state index < -0.39 is 0 Å². The number of benzene rings is 1. The van der Waals surface area contributed by atoms with E-state index in [0.29, 0.717) is 18.7 Å². The number of nitrogens with one attached hydrogen (secondary N) is 1. The summed E-state index contributed by atoms with van der Waals surface area (Å²) in [6.45, 7) is 7.80. The summed E-state index contributed by atoms with van der Waals surface area (Å²) >= 11 is 0. The van der Waals surface area contributed by atoms with Crippen LogP contribution in [0.5, 0.6) is 5.75 Å². The molecule has 0 amide bonds. The normalized spacial score (nSPS) is 8.79. The summed E-state index contributed by atoms with van der Waals surface area (Å²) in [6, 6.07) is 9.15. The first-order valence-electron chi connectivity index (χ1n) is 6.79. The summed E-state index contributed by atoms with van der Waals surface area (Å²) < 4.78 is 5.14. The van der Waals surface area contributed by atoms with Crippen LogP contribution in [0.15, 0.2) is 30.3 Å². The molecular formula is C16H29NO2. The zero-order valence-corrected chi connectivity index (χ0v) is 11.7. The largest absolute Gasteiger partial charge is 0.426 e. The SMILES string of the molecule is C.CC.CCCCNCCC(=O)Oc1ccccc1. The van der Waals surface area contributed by atoms with Gasteiger partial charge in [-0.3, -0.25) is 4.79 Å². The highest BCUT2D eigenvalue weighted by Crippen LogP contribution is 2.08. The maximum atomic E-state index is 11.4. The van der Waals surface area contributed by atoms with Gasteiger partial charge in [0.1, 0.15) is 5.75 Å². The molecule has 110 valence electrons. The third kappa shape index (κ3) is 11.5. The zero-order valence-electron chi connectivity index (χ0n) is 11.7. The van der Waals surface area contributed by atoms with Crippen LogP contribution in [0, 0.1) is 0 Å². The van der Waals surface area contributed by atoms with Crippen molar-refractivity contribution in [3.8, 4) is 5.75 Å². The summed E-state index contributed by atoms with van der Waals surface area (Å²) in [6.07, 6.45) is 2.73. The predicted molar refractivity (Wildman–Crippen MR) is 82.6 cm³/mol. The lowest BCUT2D eigenvalue weighted by Gasteiger charge is -2.04. The van der Waals surface area contributed by atoms with Crippen LogP contribution in [0.4, 0.5) is 0 Å². The van der Waals surface area contributed by atoms with Gasteiger partial charge in [-0.05, 0) is 25.1 Å². The Labute approximate surface area is 118 Å². The summed E-state index contributed by atoms with van der Waals surface area (Å²) in [5, 5.41) is 3.20. The van der Waals surface area contributed by atoms with Crippen molar-refractivity contribution in [1.82, 2.24) is 5.32 Å². The van der Waals surface area contributed by atoms with Crippen LogP contribution < -0.4 is 10.1 Å². The molecule has 0 aliphatic heterocycles. The Balaban J connectivity index is 0. The molecular weight excluding hydrogens is 238 g/mol. The van der Waals surface area contributed by atoms with Gasteiger partial charge in [-0.2, -0.15) is 0 Å². The minimum absolute atomic E-state index is 0. The van der Waals surface area contributed by atoms with Crippen molar-refractivity contribution < 1.29 is 9.53 Å². The minimum atomic E-state index is -0.185. The average molecular weight is 267 g/mol. The topological polar surface area (TPSA) is 38.3 Å². The molecule has 0 bridgehead atoms. The van der Waals surface area contributed by atoms with Crippen LogP contribution in [0.3, 0.4) is 0 Å². The Morgan fingerprint density at radius 3 is 2.37 bits per heavy atom. The van der Waals surface area contributed by atoms with Crippen molar-refractivity contribution in [3.63, 3.8) is 0 Å².